The second kappa shape index (κ2) is 31.0. The number of aromatic nitrogens is 7. The summed E-state index contributed by atoms with van der Waals surface area (Å²) in [5, 5.41) is 68.3. The Morgan fingerprint density at radius 1 is 0.829 bits per heavy atom. The number of rotatable bonds is 14. The molecule has 0 spiro atoms. The minimum absolute atomic E-state index is 0.0117. The third-order valence-electron chi connectivity index (χ3n) is 17.8. The average molecular weight is 1540 g/mol. The lowest BCUT2D eigenvalue weighted by Gasteiger charge is -2.48. The van der Waals surface area contributed by atoms with Crippen molar-refractivity contribution in [1.82, 2.24) is 75.9 Å². The van der Waals surface area contributed by atoms with Gasteiger partial charge >= 0.3 is 11.9 Å². The number of fused-ring (bicyclic) bond motifs is 15. The van der Waals surface area contributed by atoms with Crippen LogP contribution in [0.15, 0.2) is 56.9 Å². The van der Waals surface area contributed by atoms with Gasteiger partial charge in [-0.2, -0.15) is 4.73 Å². The van der Waals surface area contributed by atoms with E-state index in [0.717, 1.165) is 56.7 Å². The van der Waals surface area contributed by atoms with Gasteiger partial charge in [-0.15, -0.1) is 56.7 Å². The van der Waals surface area contributed by atoms with E-state index in [1.165, 1.54) is 60.0 Å². The molecule has 7 unspecified atom stereocenters. The fraction of sp³-hybridized carbons (Fsp3) is 0.424. The maximum absolute atomic E-state index is 15.2. The zero-order chi connectivity index (χ0) is 75.2. The number of ether oxygens (including phenoxy) is 6. The first kappa shape index (κ1) is 75.3. The van der Waals surface area contributed by atoms with Crippen LogP contribution >= 0.6 is 56.7 Å². The van der Waals surface area contributed by atoms with Crippen molar-refractivity contribution in [3.8, 4) is 38.4 Å². The van der Waals surface area contributed by atoms with Crippen LogP contribution < -0.4 is 32.3 Å². The number of carbonyl (C=O) groups excluding carboxylic acids is 8. The van der Waals surface area contributed by atoms with Crippen LogP contribution in [0.3, 0.4) is 0 Å². The number of carbonyl (C=O) groups is 8. The van der Waals surface area contributed by atoms with Gasteiger partial charge in [-0.05, 0) is 80.6 Å². The summed E-state index contributed by atoms with van der Waals surface area (Å²) in [5.41, 5.74) is 3.01. The molecule has 4 aliphatic heterocycles. The molecule has 11 heterocycles. The van der Waals surface area contributed by atoms with Gasteiger partial charge in [-0.3, -0.25) is 28.8 Å². The number of aliphatic hydroxyl groups excluding tert-OH is 1. The van der Waals surface area contributed by atoms with E-state index in [1.807, 2.05) is 23.9 Å². The number of primary amides is 1. The van der Waals surface area contributed by atoms with E-state index in [9.17, 15) is 39.7 Å². The number of hydrogen-bond donors (Lipinski definition) is 10. The van der Waals surface area contributed by atoms with Gasteiger partial charge in [0, 0.05) is 69.5 Å². The number of likely N-dealkylation sites (N-methyl/N-ethyl adjacent to an activating group) is 3. The molecule has 1 saturated heterocycles. The van der Waals surface area contributed by atoms with Crippen LogP contribution in [0, 0.1) is 0 Å². The first-order valence-electron chi connectivity index (χ1n) is 32.6. The fourth-order valence-electron chi connectivity index (χ4n) is 12.7. The van der Waals surface area contributed by atoms with Crippen LogP contribution in [0.5, 0.6) is 5.75 Å². The molecule has 6 amide bonds. The molecule has 12 rings (SSSR count). The molecule has 8 aromatic rings. The standard InChI is InChI=1S/C66H74N16O18S5/c1-27(83)44-58(90)77-45(28(2)95-10)61-72-39(26-103-61)57(89)78-48-50-51(100-42-17-66(4,93)52(80(7)8)29(3)99-42)65(92)97-19-30-12-11-13-40-43(30)32(20-96-50)49(82(40)94)64(91)98-21-34(69-55(87)37-25-105-63(48)74-37)60-70-35(22-102-60)46-31(59-71-38(23-101-59)56(88)76-44)16-41(84)47(75-46)62-73-36(24-104-62)54(86)68-33(53(67)85)18-81(9)15-14-79(5)6/h11-13,16,22-27,29,33-34,42,44,48,50-52,83-84,93-94H,14-15,17-21H2,1-10H3,(H2,67,85)(H,68,86)(H,69,87)(H,76,88)(H,77,90)(H,78,89)/t27?,29-,33?,34?,42-,44?,48?,50?,51?,52+,66-/m0/s1. The number of allylic oxidation sites excluding steroid dienone is 1. The molecule has 1 fully saturated rings. The maximum Gasteiger partial charge on any atom is 0.358 e. The van der Waals surface area contributed by atoms with Crippen molar-refractivity contribution < 1.29 is 87.3 Å². The van der Waals surface area contributed by atoms with E-state index in [0.29, 0.717) is 23.4 Å². The van der Waals surface area contributed by atoms with E-state index in [-0.39, 0.29) is 111 Å². The van der Waals surface area contributed by atoms with Crippen molar-refractivity contribution in [1.29, 1.82) is 0 Å². The molecule has 556 valence electrons. The van der Waals surface area contributed by atoms with Crippen molar-refractivity contribution in [2.75, 3.05) is 68.6 Å². The summed E-state index contributed by atoms with van der Waals surface area (Å²) in [6, 6.07) is -0.461. The second-order valence-corrected chi connectivity index (χ2v) is 30.4. The van der Waals surface area contributed by atoms with Crippen molar-refractivity contribution in [3.05, 3.63) is 112 Å². The number of nitrogens with two attached hydrogens (primary N) is 1. The number of nitrogens with zero attached hydrogens (tertiary/aromatic N) is 10. The summed E-state index contributed by atoms with van der Waals surface area (Å²) in [6.07, 6.45) is -7.57. The zero-order valence-corrected chi connectivity index (χ0v) is 62.1. The van der Waals surface area contributed by atoms with Crippen molar-refractivity contribution in [3.63, 3.8) is 0 Å². The van der Waals surface area contributed by atoms with Crippen molar-refractivity contribution in [2.24, 2.45) is 5.73 Å². The molecular formula is C66H74N16O18S5. The first-order valence-corrected chi connectivity index (χ1v) is 37.0. The van der Waals surface area contributed by atoms with Gasteiger partial charge in [0.1, 0.15) is 126 Å². The summed E-state index contributed by atoms with van der Waals surface area (Å²) in [7, 11) is 10.4. The van der Waals surface area contributed by atoms with Gasteiger partial charge in [-0.25, -0.2) is 39.5 Å². The van der Waals surface area contributed by atoms with Gasteiger partial charge in [0.15, 0.2) is 18.1 Å². The molecular weight excluding hydrogens is 1470 g/mol. The molecule has 12 bridgehead atoms. The number of thiazole rings is 5. The minimum atomic E-state index is -1.92. The van der Waals surface area contributed by atoms with Crippen LogP contribution in [-0.2, 0) is 56.0 Å². The van der Waals surface area contributed by atoms with Gasteiger partial charge in [0.2, 0.25) is 11.8 Å². The molecule has 7 aromatic heterocycles. The highest BCUT2D eigenvalue weighted by molar-refractivity contribution is 7.14. The highest BCUT2D eigenvalue weighted by Gasteiger charge is 2.50. The molecule has 1 aromatic carbocycles. The Morgan fingerprint density at radius 2 is 1.50 bits per heavy atom. The van der Waals surface area contributed by atoms with E-state index >= 15 is 19.2 Å². The Balaban J connectivity index is 1.01. The molecule has 34 nitrogen and oxygen atoms in total. The third kappa shape index (κ3) is 15.8. The summed E-state index contributed by atoms with van der Waals surface area (Å²) >= 11 is 4.53. The minimum Gasteiger partial charge on any atom is -0.506 e. The monoisotopic (exact) mass is 1540 g/mol. The summed E-state index contributed by atoms with van der Waals surface area (Å²) < 4.78 is 38.3. The van der Waals surface area contributed by atoms with Gasteiger partial charge < -0.3 is 96.0 Å². The van der Waals surface area contributed by atoms with E-state index in [4.69, 9.17) is 49.1 Å². The van der Waals surface area contributed by atoms with E-state index < -0.39 is 145 Å². The van der Waals surface area contributed by atoms with Crippen LogP contribution in [0.1, 0.15) is 125 Å². The number of pyridine rings is 1. The molecule has 0 aliphatic carbocycles. The van der Waals surface area contributed by atoms with Crippen molar-refractivity contribution in [2.45, 2.75) is 114 Å². The number of methoxy groups -OCH3 is 1. The average Bonchev–Trinajstić information content (AvgIpc) is 1.60. The largest absolute Gasteiger partial charge is 0.506 e. The number of aromatic hydroxyl groups is 1. The Bertz CT molecular complexity index is 4730. The predicted molar refractivity (Wildman–Crippen MR) is 381 cm³/mol. The van der Waals surface area contributed by atoms with Crippen molar-refractivity contribution >= 4 is 121 Å². The quantitative estimate of drug-likeness (QED) is 0.0424. The summed E-state index contributed by atoms with van der Waals surface area (Å²) in [5.74, 6) is -7.93. The molecule has 0 radical (unpaired) electrons. The van der Waals surface area contributed by atoms with Crippen LogP contribution in [0.2, 0.25) is 0 Å². The molecule has 105 heavy (non-hydrogen) atoms. The topological polar surface area (TPSA) is 451 Å². The molecule has 0 saturated carbocycles. The number of cyclic esters (lactones) is 2. The number of amides is 6. The lowest BCUT2D eigenvalue weighted by molar-refractivity contribution is -0.280. The molecule has 11 N–H and O–H groups in total. The third-order valence-corrected chi connectivity index (χ3v) is 22.3. The Hall–Kier alpha value is -9.36. The Labute approximate surface area is 618 Å². The van der Waals surface area contributed by atoms with Crippen LogP contribution in [0.4, 0.5) is 0 Å². The van der Waals surface area contributed by atoms with E-state index in [2.05, 4.69) is 41.5 Å². The van der Waals surface area contributed by atoms with Crippen LogP contribution in [0.25, 0.3) is 49.3 Å². The van der Waals surface area contributed by atoms with Gasteiger partial charge in [0.05, 0.1) is 43.1 Å². The number of aliphatic hydroxyl groups is 2. The van der Waals surface area contributed by atoms with Gasteiger partial charge in [0.25, 0.3) is 23.6 Å². The number of hydrogen-bond acceptors (Lipinski definition) is 32. The SMILES string of the molecule is COC(C)=C1NC(=O)C(C(C)O)NC(=O)c2csc(n2)-c2cc(O)c(-c3nc(C(=O)NC(CN(C)CCN(C)C)C(N)=O)cs3)nc2-c2csc(n2)C2COC(=O)c3c4c5c(cccc5n3O)COC(=O)C(O[C@H]3C[C@](C)(O)[C@H](N(C)C)[C@H](C)O3)C(OC4)C(NC(=O)c3csc1n3)c1nc(cs1)C(=O)N2. The Morgan fingerprint density at radius 3 is 2.20 bits per heavy atom. The smallest absolute Gasteiger partial charge is 0.358 e. The maximum atomic E-state index is 15.2. The normalized spacial score (nSPS) is 23.7. The molecule has 4 aliphatic rings. The van der Waals surface area contributed by atoms with Gasteiger partial charge in [-0.1, -0.05) is 12.1 Å². The zero-order valence-electron chi connectivity index (χ0n) is 58.0. The number of nitrogens with one attached hydrogen (secondary N) is 5. The molecule has 11 atom stereocenters. The summed E-state index contributed by atoms with van der Waals surface area (Å²) in [6.45, 7) is 5.54. The first-order chi connectivity index (χ1) is 50.0. The second-order valence-electron chi connectivity index (χ2n) is 26.0. The highest BCUT2D eigenvalue weighted by Crippen LogP contribution is 2.43. The number of benzene rings is 1. The summed E-state index contributed by atoms with van der Waals surface area (Å²) in [4.78, 5) is 150. The highest BCUT2D eigenvalue weighted by atomic mass is 32.1. The lowest BCUT2D eigenvalue weighted by atomic mass is 9.85. The lowest BCUT2D eigenvalue weighted by Crippen LogP contribution is -2.62. The Kier molecular flexibility index (Phi) is 22.2. The molecule has 39 heteroatoms. The van der Waals surface area contributed by atoms with Crippen LogP contribution in [-0.4, -0.2) is 240 Å². The fourth-order valence-corrected chi connectivity index (χ4v) is 16.9. The number of esters is 2. The van der Waals surface area contributed by atoms with E-state index in [1.54, 1.807) is 52.0 Å². The predicted octanol–water partition coefficient (Wildman–Crippen LogP) is 3.24.